The third kappa shape index (κ3) is 3.81. The number of anilines is 1. The Morgan fingerprint density at radius 3 is 2.79 bits per heavy atom. The van der Waals surface area contributed by atoms with E-state index in [4.69, 9.17) is 11.6 Å². The van der Waals surface area contributed by atoms with Crippen LogP contribution in [0.3, 0.4) is 0 Å². The van der Waals surface area contributed by atoms with Crippen molar-refractivity contribution in [2.24, 2.45) is 0 Å². The highest BCUT2D eigenvalue weighted by Gasteiger charge is 2.19. The quantitative estimate of drug-likeness (QED) is 0.640. The van der Waals surface area contributed by atoms with Crippen LogP contribution >= 0.6 is 11.6 Å². The highest BCUT2D eigenvalue weighted by atomic mass is 35.5. The van der Waals surface area contributed by atoms with E-state index in [0.717, 1.165) is 0 Å². The first kappa shape index (κ1) is 19.4. The number of aromatic amines is 1. The van der Waals surface area contributed by atoms with Crippen LogP contribution in [0.15, 0.2) is 47.5 Å². The van der Waals surface area contributed by atoms with Gasteiger partial charge in [-0.1, -0.05) is 24.6 Å². The second kappa shape index (κ2) is 8.10. The number of esters is 1. The highest BCUT2D eigenvalue weighted by molar-refractivity contribution is 6.30. The largest absolute Gasteiger partial charge is 0.465 e. The highest BCUT2D eigenvalue weighted by Crippen LogP contribution is 2.20. The Labute approximate surface area is 165 Å². The van der Waals surface area contributed by atoms with Crippen LogP contribution < -0.4 is 10.9 Å². The van der Waals surface area contributed by atoms with Crippen LogP contribution in [0.25, 0.3) is 5.69 Å². The lowest BCUT2D eigenvalue weighted by Crippen LogP contribution is -2.21. The average Bonchev–Trinajstić information content (AvgIpc) is 3.13. The SMILES string of the molecule is CCc1c(C(=O)Nc2cc(C(=O)OC)c[nH]c2=O)cnn1-c1cccc(Cl)c1. The number of ether oxygens (including phenoxy) is 1. The van der Waals surface area contributed by atoms with Crippen LogP contribution in [0.2, 0.25) is 5.02 Å². The van der Waals surface area contributed by atoms with E-state index in [1.165, 1.54) is 25.6 Å². The number of hydrogen-bond donors (Lipinski definition) is 2. The fraction of sp³-hybridized carbons (Fsp3) is 0.158. The summed E-state index contributed by atoms with van der Waals surface area (Å²) in [6.07, 6.45) is 3.17. The van der Waals surface area contributed by atoms with E-state index >= 15 is 0 Å². The summed E-state index contributed by atoms with van der Waals surface area (Å²) in [4.78, 5) is 38.8. The average molecular weight is 401 g/mol. The van der Waals surface area contributed by atoms with Gasteiger partial charge in [-0.15, -0.1) is 0 Å². The summed E-state index contributed by atoms with van der Waals surface area (Å²) in [5.41, 5.74) is 1.19. The molecule has 0 radical (unpaired) electrons. The molecule has 0 aliphatic carbocycles. The predicted octanol–water partition coefficient (Wildman–Crippen LogP) is 2.82. The summed E-state index contributed by atoms with van der Waals surface area (Å²) in [7, 11) is 1.23. The van der Waals surface area contributed by atoms with Gasteiger partial charge in [-0.25, -0.2) is 9.48 Å². The van der Waals surface area contributed by atoms with Gasteiger partial charge in [0.2, 0.25) is 0 Å². The second-order valence-corrected chi connectivity index (χ2v) is 6.26. The number of carbonyl (C=O) groups is 2. The molecule has 8 nitrogen and oxygen atoms in total. The van der Waals surface area contributed by atoms with Gasteiger partial charge in [0.15, 0.2) is 0 Å². The first-order valence-corrected chi connectivity index (χ1v) is 8.77. The number of benzene rings is 1. The zero-order valence-electron chi connectivity index (χ0n) is 15.2. The molecule has 1 amide bonds. The molecule has 0 aliphatic heterocycles. The first-order chi connectivity index (χ1) is 13.4. The van der Waals surface area contributed by atoms with Crippen LogP contribution in [-0.4, -0.2) is 33.8 Å². The van der Waals surface area contributed by atoms with Crippen molar-refractivity contribution in [1.29, 1.82) is 0 Å². The number of hydrogen-bond acceptors (Lipinski definition) is 5. The number of aromatic nitrogens is 3. The standard InChI is InChI=1S/C19H17ClN4O4/c1-3-16-14(10-22-24(16)13-6-4-5-12(20)8-13)17(25)23-15-7-11(19(27)28-2)9-21-18(15)26/h4-10H,3H2,1-2H3,(H,21,26)(H,23,25). The molecule has 0 unspecified atom stereocenters. The van der Waals surface area contributed by atoms with Crippen molar-refractivity contribution in [3.63, 3.8) is 0 Å². The normalized spacial score (nSPS) is 10.5. The second-order valence-electron chi connectivity index (χ2n) is 5.83. The van der Waals surface area contributed by atoms with Gasteiger partial charge in [0.1, 0.15) is 5.69 Å². The minimum atomic E-state index is -0.630. The third-order valence-electron chi connectivity index (χ3n) is 4.07. The number of pyridine rings is 1. The Morgan fingerprint density at radius 1 is 1.32 bits per heavy atom. The number of nitrogens with one attached hydrogen (secondary N) is 2. The predicted molar refractivity (Wildman–Crippen MR) is 104 cm³/mol. The molecule has 2 heterocycles. The molecule has 3 rings (SSSR count). The summed E-state index contributed by atoms with van der Waals surface area (Å²) in [6.45, 7) is 1.89. The van der Waals surface area contributed by atoms with Gasteiger partial charge in [0.25, 0.3) is 11.5 Å². The van der Waals surface area contributed by atoms with Crippen LogP contribution in [0.4, 0.5) is 5.69 Å². The minimum absolute atomic E-state index is 0.0644. The molecule has 2 N–H and O–H groups in total. The van der Waals surface area contributed by atoms with Crippen molar-refractivity contribution < 1.29 is 14.3 Å². The lowest BCUT2D eigenvalue weighted by Gasteiger charge is -2.09. The van der Waals surface area contributed by atoms with E-state index in [9.17, 15) is 14.4 Å². The van der Waals surface area contributed by atoms with E-state index < -0.39 is 17.4 Å². The van der Waals surface area contributed by atoms with Gasteiger partial charge in [0, 0.05) is 11.2 Å². The molecule has 9 heteroatoms. The van der Waals surface area contributed by atoms with Crippen molar-refractivity contribution in [1.82, 2.24) is 14.8 Å². The summed E-state index contributed by atoms with van der Waals surface area (Å²) in [6, 6.07) is 8.35. The molecule has 0 saturated carbocycles. The lowest BCUT2D eigenvalue weighted by molar-refractivity contribution is 0.0600. The Morgan fingerprint density at radius 2 is 2.11 bits per heavy atom. The monoisotopic (exact) mass is 400 g/mol. The molecule has 3 aromatic rings. The number of halogens is 1. The summed E-state index contributed by atoms with van der Waals surface area (Å²) >= 11 is 6.04. The molecule has 0 aliphatic rings. The van der Waals surface area contributed by atoms with Gasteiger partial charge in [-0.3, -0.25) is 9.59 Å². The Bertz CT molecular complexity index is 1100. The maximum Gasteiger partial charge on any atom is 0.339 e. The van der Waals surface area contributed by atoms with Gasteiger partial charge in [0.05, 0.1) is 35.8 Å². The molecule has 0 bridgehead atoms. The molecule has 2 aromatic heterocycles. The van der Waals surface area contributed by atoms with Gasteiger partial charge in [-0.2, -0.15) is 5.10 Å². The maximum atomic E-state index is 12.7. The zero-order valence-corrected chi connectivity index (χ0v) is 15.9. The number of methoxy groups -OCH3 is 1. The Kier molecular flexibility index (Phi) is 5.60. The van der Waals surface area contributed by atoms with Crippen LogP contribution in [0.5, 0.6) is 0 Å². The van der Waals surface area contributed by atoms with Crippen molar-refractivity contribution in [3.05, 3.63) is 74.9 Å². The maximum absolute atomic E-state index is 12.7. The lowest BCUT2D eigenvalue weighted by atomic mass is 10.1. The Balaban J connectivity index is 1.94. The van der Waals surface area contributed by atoms with Gasteiger partial charge >= 0.3 is 5.97 Å². The summed E-state index contributed by atoms with van der Waals surface area (Å²) < 4.78 is 6.24. The summed E-state index contributed by atoms with van der Waals surface area (Å²) in [5.74, 6) is -1.15. The molecule has 1 aromatic carbocycles. The molecule has 0 fully saturated rings. The Hall–Kier alpha value is -3.39. The van der Waals surface area contributed by atoms with Crippen molar-refractivity contribution in [2.45, 2.75) is 13.3 Å². The molecule has 0 spiro atoms. The van der Waals surface area contributed by atoms with Crippen LogP contribution in [0, 0.1) is 0 Å². The van der Waals surface area contributed by atoms with Crippen LogP contribution in [0.1, 0.15) is 33.3 Å². The van der Waals surface area contributed by atoms with E-state index in [1.807, 2.05) is 13.0 Å². The van der Waals surface area contributed by atoms with E-state index in [0.29, 0.717) is 28.4 Å². The number of H-pyrrole nitrogens is 1. The van der Waals surface area contributed by atoms with Crippen molar-refractivity contribution >= 4 is 29.2 Å². The van der Waals surface area contributed by atoms with E-state index in [-0.39, 0.29) is 11.3 Å². The molecule has 28 heavy (non-hydrogen) atoms. The van der Waals surface area contributed by atoms with E-state index in [2.05, 4.69) is 20.1 Å². The molecular weight excluding hydrogens is 384 g/mol. The number of amides is 1. The van der Waals surface area contributed by atoms with Crippen molar-refractivity contribution in [3.8, 4) is 5.69 Å². The molecule has 0 saturated heterocycles. The molecular formula is C19H17ClN4O4. The topological polar surface area (TPSA) is 106 Å². The molecule has 144 valence electrons. The zero-order chi connectivity index (χ0) is 20.3. The van der Waals surface area contributed by atoms with E-state index in [1.54, 1.807) is 22.9 Å². The van der Waals surface area contributed by atoms with Gasteiger partial charge in [-0.05, 0) is 30.7 Å². The minimum Gasteiger partial charge on any atom is -0.465 e. The fourth-order valence-corrected chi connectivity index (χ4v) is 2.92. The first-order valence-electron chi connectivity index (χ1n) is 8.39. The van der Waals surface area contributed by atoms with Crippen LogP contribution in [-0.2, 0) is 11.2 Å². The number of rotatable bonds is 5. The number of nitrogens with zero attached hydrogens (tertiary/aromatic N) is 2. The van der Waals surface area contributed by atoms with Crippen molar-refractivity contribution in [2.75, 3.05) is 12.4 Å². The smallest absolute Gasteiger partial charge is 0.339 e. The third-order valence-corrected chi connectivity index (χ3v) is 4.31. The number of carbonyl (C=O) groups excluding carboxylic acids is 2. The molecule has 0 atom stereocenters. The van der Waals surface area contributed by atoms with Gasteiger partial charge < -0.3 is 15.0 Å². The summed E-state index contributed by atoms with van der Waals surface area (Å²) in [5, 5.41) is 7.35. The fourth-order valence-electron chi connectivity index (χ4n) is 2.74.